The summed E-state index contributed by atoms with van der Waals surface area (Å²) in [5.41, 5.74) is 2.28. The van der Waals surface area contributed by atoms with Crippen LogP contribution in [0.15, 0.2) is 141 Å². The van der Waals surface area contributed by atoms with Crippen LogP contribution in [0.25, 0.3) is 0 Å². The number of para-hydroxylation sites is 4. The molecule has 5 aromatic carbocycles. The van der Waals surface area contributed by atoms with Crippen LogP contribution >= 0.6 is 7.60 Å². The van der Waals surface area contributed by atoms with E-state index in [0.29, 0.717) is 48.4 Å². The van der Waals surface area contributed by atoms with E-state index >= 15 is 0 Å². The van der Waals surface area contributed by atoms with Crippen molar-refractivity contribution in [1.29, 1.82) is 0 Å². The van der Waals surface area contributed by atoms with Gasteiger partial charge in [-0.3, -0.25) is 20.0 Å². The van der Waals surface area contributed by atoms with Crippen LogP contribution in [-0.4, -0.2) is 55.9 Å². The largest absolute Gasteiger partial charge is 3.00 e. The molecule has 58 heavy (non-hydrogen) atoms. The van der Waals surface area contributed by atoms with Crippen molar-refractivity contribution in [2.24, 2.45) is 20.0 Å². The molecule has 304 valence electrons. The fourth-order valence-corrected chi connectivity index (χ4v) is 4.39. The van der Waals surface area contributed by atoms with Gasteiger partial charge >= 0.3 is 34.1 Å². The van der Waals surface area contributed by atoms with Gasteiger partial charge in [0.25, 0.3) is 0 Å². The Balaban J connectivity index is 0.000000806. The van der Waals surface area contributed by atoms with E-state index in [2.05, 4.69) is 20.0 Å². The summed E-state index contributed by atoms with van der Waals surface area (Å²) in [4.78, 5) is 35.4. The third-order valence-electron chi connectivity index (χ3n) is 6.47. The number of nitrogens with zero attached hydrogens (tertiary/aromatic N) is 4. The van der Waals surface area contributed by atoms with E-state index in [4.69, 9.17) is 23.5 Å². The molecule has 0 fully saturated rings. The van der Waals surface area contributed by atoms with E-state index in [0.717, 1.165) is 24.3 Å². The number of halogens is 2. The monoisotopic (exact) mass is 916 g/mol. The molecule has 0 bridgehead atoms. The van der Waals surface area contributed by atoms with Crippen molar-refractivity contribution in [2.45, 2.75) is 0 Å². The van der Waals surface area contributed by atoms with Gasteiger partial charge in [-0.05, 0) is 46.5 Å². The van der Waals surface area contributed by atoms with Gasteiger partial charge in [0.05, 0.1) is 26.2 Å². The molecule has 1 N–H and O–H groups in total. The Morgan fingerprint density at radius 3 is 0.931 bits per heavy atom. The minimum atomic E-state index is -4.94. The van der Waals surface area contributed by atoms with Gasteiger partial charge in [-0.1, -0.05) is 97.1 Å². The molecule has 5 aromatic rings. The van der Waals surface area contributed by atoms with Crippen molar-refractivity contribution in [3.05, 3.63) is 149 Å². The first kappa shape index (κ1) is 53.2. The van der Waals surface area contributed by atoms with Gasteiger partial charge in [-0.15, -0.1) is 33.2 Å². The predicted molar refractivity (Wildman–Crippen MR) is 189 cm³/mol. The number of rotatable bonds is 11. The number of benzene rings is 5. The third-order valence-corrected chi connectivity index (χ3v) is 7.42. The van der Waals surface area contributed by atoms with Gasteiger partial charge in [-0.25, -0.2) is 23.0 Å². The van der Waals surface area contributed by atoms with Crippen molar-refractivity contribution < 1.29 is 102 Å². The van der Waals surface area contributed by atoms with Crippen molar-refractivity contribution in [2.75, 3.05) is 26.2 Å². The SMILES string of the molecule is O=P([O-])(O)c1ccc(F)cc1.[Mn+3].[Mn+3].[O-][Cl+3]([O-])([O-])[O-].[O-]c1ccccc1C=NCCN=Cc1ccccc1[O-].[O-]c1ccccc1C=NCCN=Cc1ccccc1[O-]. The predicted octanol–water partition coefficient (Wildman–Crippen LogP) is -2.02. The molecule has 0 heterocycles. The Hall–Kier alpha value is -4.77. The second-order valence-electron chi connectivity index (χ2n) is 10.7. The molecule has 0 aliphatic carbocycles. The molecule has 0 aromatic heterocycles. The van der Waals surface area contributed by atoms with Gasteiger partial charge < -0.3 is 34.8 Å². The quantitative estimate of drug-likeness (QED) is 0.0653. The molecular formula is C38H33ClFMn2N4O11P. The molecule has 20 heteroatoms. The zero-order valence-corrected chi connectivity index (χ0v) is 34.0. The van der Waals surface area contributed by atoms with Gasteiger partial charge in [0.15, 0.2) is 7.60 Å². The molecule has 1 atom stereocenters. The van der Waals surface area contributed by atoms with Crippen LogP contribution in [0.2, 0.25) is 0 Å². The van der Waals surface area contributed by atoms with E-state index in [1.165, 1.54) is 24.3 Å². The second-order valence-corrected chi connectivity index (χ2v) is 13.0. The summed E-state index contributed by atoms with van der Waals surface area (Å²) in [6, 6.07) is 30.8. The molecule has 0 aliphatic heterocycles. The van der Waals surface area contributed by atoms with Crippen molar-refractivity contribution in [3.8, 4) is 23.0 Å². The standard InChI is InChI=1S/2C16H16N2O2.C6H6FO3P.ClHO4.2Mn/c2*19-15-7-3-1-5-13(15)11-17-9-10-18-12-14-6-2-4-8-16(14)20;7-5-1-3-6(4-2-5)11(8,9)10;2-1(3,4)5;;/h2*1-8,11-12,19-20H,9-10H2;1-4H,(H2,8,9,10);(H,2,3,4,5);;/q;;;;2*+3/p-6. The topological polar surface area (TPSA) is 294 Å². The molecular weight excluding hydrogens is 884 g/mol. The molecule has 0 amide bonds. The number of hydrogen-bond donors (Lipinski definition) is 1. The van der Waals surface area contributed by atoms with E-state index in [1.54, 1.807) is 97.7 Å². The fourth-order valence-electron chi connectivity index (χ4n) is 3.86. The van der Waals surface area contributed by atoms with Crippen LogP contribution in [0.1, 0.15) is 22.3 Å². The van der Waals surface area contributed by atoms with Gasteiger partial charge in [-0.2, -0.15) is 0 Å². The Kier molecular flexibility index (Phi) is 26.2. The molecule has 0 saturated heterocycles. The summed E-state index contributed by atoms with van der Waals surface area (Å²) < 4.78 is 56.6. The molecule has 1 unspecified atom stereocenters. The van der Waals surface area contributed by atoms with E-state index in [9.17, 15) is 34.3 Å². The maximum Gasteiger partial charge on any atom is 3.00 e. The summed E-state index contributed by atoms with van der Waals surface area (Å²) in [5, 5.41) is 45.3. The van der Waals surface area contributed by atoms with Gasteiger partial charge in [0.1, 0.15) is 5.82 Å². The third kappa shape index (κ3) is 24.1. The maximum absolute atomic E-state index is 12.2. The van der Waals surface area contributed by atoms with Gasteiger partial charge in [0.2, 0.25) is 0 Å². The Bertz CT molecular complexity index is 1880. The zero-order valence-electron chi connectivity index (χ0n) is 30.0. The Labute approximate surface area is 356 Å². The van der Waals surface area contributed by atoms with E-state index < -0.39 is 23.7 Å². The summed E-state index contributed by atoms with van der Waals surface area (Å²) in [6.07, 6.45) is 6.22. The second kappa shape index (κ2) is 28.6. The Morgan fingerprint density at radius 2 is 0.724 bits per heavy atom. The number of hydrogen-bond acceptors (Lipinski definition) is 14. The first-order chi connectivity index (χ1) is 26.5. The first-order valence-corrected chi connectivity index (χ1v) is 18.8. The van der Waals surface area contributed by atoms with Crippen LogP contribution in [0.5, 0.6) is 23.0 Å². The van der Waals surface area contributed by atoms with Crippen LogP contribution in [0.4, 0.5) is 4.39 Å². The molecule has 0 aliphatic rings. The molecule has 0 radical (unpaired) electrons. The van der Waals surface area contributed by atoms with E-state index in [1.807, 2.05) is 0 Å². The van der Waals surface area contributed by atoms with Crippen LogP contribution in [0.3, 0.4) is 0 Å². The molecule has 15 nitrogen and oxygen atoms in total. The minimum absolute atomic E-state index is 0. The van der Waals surface area contributed by atoms with Crippen LogP contribution < -0.4 is 49.3 Å². The van der Waals surface area contributed by atoms with Crippen molar-refractivity contribution in [3.63, 3.8) is 0 Å². The normalized spacial score (nSPS) is 11.9. The number of aliphatic imine (C=N–C) groups is 4. The average molecular weight is 917 g/mol. The minimum Gasteiger partial charge on any atom is -0.872 e. The van der Waals surface area contributed by atoms with Crippen molar-refractivity contribution >= 4 is 37.8 Å². The first-order valence-electron chi connectivity index (χ1n) is 16.0. The van der Waals surface area contributed by atoms with Crippen molar-refractivity contribution in [1.82, 2.24) is 0 Å². The summed E-state index contributed by atoms with van der Waals surface area (Å²) in [6.45, 7) is 1.91. The summed E-state index contributed by atoms with van der Waals surface area (Å²) in [7, 11) is -9.40. The van der Waals surface area contributed by atoms with E-state index in [-0.39, 0.29) is 62.4 Å². The molecule has 5 rings (SSSR count). The Morgan fingerprint density at radius 1 is 0.500 bits per heavy atom. The summed E-state index contributed by atoms with van der Waals surface area (Å²) in [5.74, 6) is -0.706. The fraction of sp³-hybridized carbons (Fsp3) is 0.105. The maximum atomic E-state index is 12.2. The van der Waals surface area contributed by atoms with Crippen LogP contribution in [0, 0.1) is 16.1 Å². The molecule has 0 spiro atoms. The molecule has 0 saturated carbocycles. The average Bonchev–Trinajstić information content (AvgIpc) is 3.14. The van der Waals surface area contributed by atoms with Gasteiger partial charge in [0, 0.05) is 30.2 Å². The van der Waals surface area contributed by atoms with Crippen LogP contribution in [-0.2, 0) is 38.7 Å². The summed E-state index contributed by atoms with van der Waals surface area (Å²) >= 11 is 0. The smallest absolute Gasteiger partial charge is 0.872 e. The zero-order chi connectivity index (χ0) is 41.4.